The third kappa shape index (κ3) is 5.87. The number of aromatic nitrogens is 3. The summed E-state index contributed by atoms with van der Waals surface area (Å²) in [6, 6.07) is 5.29. The Kier molecular flexibility index (Phi) is 8.61. The van der Waals surface area contributed by atoms with Gasteiger partial charge in [0.25, 0.3) is 0 Å². The van der Waals surface area contributed by atoms with E-state index in [1.165, 1.54) is 0 Å². The van der Waals surface area contributed by atoms with Crippen LogP contribution in [0.15, 0.2) is 29.5 Å². The van der Waals surface area contributed by atoms with Gasteiger partial charge in [-0.15, -0.1) is 24.0 Å². The van der Waals surface area contributed by atoms with Crippen molar-refractivity contribution in [3.63, 3.8) is 0 Å². The van der Waals surface area contributed by atoms with Crippen LogP contribution < -0.4 is 5.32 Å². The lowest BCUT2D eigenvalue weighted by Crippen LogP contribution is -2.45. The molecule has 0 spiro atoms. The summed E-state index contributed by atoms with van der Waals surface area (Å²) >= 11 is 0. The Morgan fingerprint density at radius 2 is 2.11 bits per heavy atom. The molecular weight excluding hydrogens is 472 g/mol. The molecule has 2 heterocycles. The van der Waals surface area contributed by atoms with E-state index in [2.05, 4.69) is 30.4 Å². The minimum absolute atomic E-state index is 0. The van der Waals surface area contributed by atoms with E-state index in [0.717, 1.165) is 43.3 Å². The highest BCUT2D eigenvalue weighted by Gasteiger charge is 2.24. The predicted octanol–water partition coefficient (Wildman–Crippen LogP) is 2.58. The van der Waals surface area contributed by atoms with Gasteiger partial charge in [-0.3, -0.25) is 10.1 Å². The molecular formula is C19H29FIN7. The number of piperidine rings is 1. The second-order valence-corrected chi connectivity index (χ2v) is 7.20. The van der Waals surface area contributed by atoms with Crippen LogP contribution in [-0.2, 0) is 13.1 Å². The number of hydrogen-bond donors (Lipinski definition) is 2. The van der Waals surface area contributed by atoms with Gasteiger partial charge in [-0.1, -0.05) is 6.07 Å². The van der Waals surface area contributed by atoms with Gasteiger partial charge in [0.05, 0.1) is 0 Å². The fraction of sp³-hybridized carbons (Fsp3) is 0.526. The monoisotopic (exact) mass is 501 g/mol. The normalized spacial score (nSPS) is 15.6. The van der Waals surface area contributed by atoms with Gasteiger partial charge in [0, 0.05) is 44.7 Å². The molecule has 1 saturated heterocycles. The predicted molar refractivity (Wildman–Crippen MR) is 119 cm³/mol. The highest BCUT2D eigenvalue weighted by atomic mass is 127. The van der Waals surface area contributed by atoms with Crippen molar-refractivity contribution in [1.82, 2.24) is 30.3 Å². The Labute approximate surface area is 182 Å². The molecule has 0 atom stereocenters. The maximum atomic E-state index is 13.9. The van der Waals surface area contributed by atoms with Crippen LogP contribution in [0.1, 0.15) is 35.7 Å². The molecule has 0 bridgehead atoms. The van der Waals surface area contributed by atoms with E-state index >= 15 is 0 Å². The van der Waals surface area contributed by atoms with Gasteiger partial charge in [-0.05, 0) is 44.6 Å². The molecule has 0 radical (unpaired) electrons. The number of halogens is 2. The highest BCUT2D eigenvalue weighted by molar-refractivity contribution is 14.0. The van der Waals surface area contributed by atoms with E-state index < -0.39 is 0 Å². The molecule has 0 aliphatic carbocycles. The van der Waals surface area contributed by atoms with E-state index in [4.69, 9.17) is 0 Å². The molecule has 3 rings (SSSR count). The minimum atomic E-state index is -0.161. The highest BCUT2D eigenvalue weighted by Crippen LogP contribution is 2.25. The Morgan fingerprint density at radius 1 is 1.36 bits per heavy atom. The molecule has 1 aliphatic heterocycles. The summed E-state index contributed by atoms with van der Waals surface area (Å²) in [7, 11) is 5.68. The third-order valence-corrected chi connectivity index (χ3v) is 4.87. The summed E-state index contributed by atoms with van der Waals surface area (Å²) in [4.78, 5) is 12.9. The summed E-state index contributed by atoms with van der Waals surface area (Å²) in [5.41, 5.74) is 1.76. The lowest BCUT2D eigenvalue weighted by molar-refractivity contribution is 0.298. The number of likely N-dealkylation sites (tertiary alicyclic amines) is 1. The van der Waals surface area contributed by atoms with Crippen LogP contribution in [0, 0.1) is 5.82 Å². The number of H-pyrrole nitrogens is 1. The van der Waals surface area contributed by atoms with Crippen LogP contribution in [0.5, 0.6) is 0 Å². The van der Waals surface area contributed by atoms with E-state index in [1.807, 2.05) is 31.1 Å². The van der Waals surface area contributed by atoms with Gasteiger partial charge >= 0.3 is 0 Å². The van der Waals surface area contributed by atoms with Gasteiger partial charge in [0.1, 0.15) is 18.0 Å². The first-order valence-corrected chi connectivity index (χ1v) is 9.29. The van der Waals surface area contributed by atoms with Crippen molar-refractivity contribution in [1.29, 1.82) is 0 Å². The average molecular weight is 501 g/mol. The molecule has 0 saturated carbocycles. The Morgan fingerprint density at radius 3 is 2.71 bits per heavy atom. The van der Waals surface area contributed by atoms with Crippen LogP contribution in [0.3, 0.4) is 0 Å². The largest absolute Gasteiger partial charge is 0.352 e. The molecule has 28 heavy (non-hydrogen) atoms. The maximum Gasteiger partial charge on any atom is 0.193 e. The molecule has 2 N–H and O–H groups in total. The standard InChI is InChI=1S/C19H28FN7.HI/c1-21-19(27-8-6-15(7-9-27)18-23-13-24-25-18)22-11-14-4-5-17(20)16(10-14)12-26(2)3;/h4-5,10,13,15H,6-9,11-12H2,1-3H3,(H,21,22)(H,23,24,25);1H. The zero-order valence-electron chi connectivity index (χ0n) is 16.7. The van der Waals surface area contributed by atoms with Crippen LogP contribution >= 0.6 is 24.0 Å². The number of rotatable bonds is 5. The summed E-state index contributed by atoms with van der Waals surface area (Å²) in [6.07, 6.45) is 3.59. The molecule has 0 unspecified atom stereocenters. The van der Waals surface area contributed by atoms with Crippen molar-refractivity contribution in [3.8, 4) is 0 Å². The molecule has 1 fully saturated rings. The molecule has 9 heteroatoms. The number of hydrogen-bond acceptors (Lipinski definition) is 4. The number of guanidine groups is 1. The Bertz CT molecular complexity index is 756. The van der Waals surface area contributed by atoms with E-state index in [0.29, 0.717) is 24.6 Å². The van der Waals surface area contributed by atoms with Crippen molar-refractivity contribution in [2.45, 2.75) is 31.8 Å². The number of nitrogens with one attached hydrogen (secondary N) is 2. The van der Waals surface area contributed by atoms with Gasteiger partial charge in [0.15, 0.2) is 5.96 Å². The quantitative estimate of drug-likeness (QED) is 0.375. The van der Waals surface area contributed by atoms with Crippen molar-refractivity contribution >= 4 is 29.9 Å². The molecule has 2 aromatic rings. The third-order valence-electron chi connectivity index (χ3n) is 4.87. The number of aliphatic imine (C=N–C) groups is 1. The van der Waals surface area contributed by atoms with Crippen LogP contribution in [-0.4, -0.2) is 65.2 Å². The number of aromatic amines is 1. The van der Waals surface area contributed by atoms with Crippen molar-refractivity contribution in [3.05, 3.63) is 47.3 Å². The first-order chi connectivity index (χ1) is 13.1. The maximum absolute atomic E-state index is 13.9. The van der Waals surface area contributed by atoms with Gasteiger partial charge in [-0.25, -0.2) is 9.37 Å². The lowest BCUT2D eigenvalue weighted by Gasteiger charge is -2.33. The second-order valence-electron chi connectivity index (χ2n) is 7.20. The lowest BCUT2D eigenvalue weighted by atomic mass is 9.96. The number of nitrogens with zero attached hydrogens (tertiary/aromatic N) is 5. The summed E-state index contributed by atoms with van der Waals surface area (Å²) in [5, 5.41) is 10.3. The minimum Gasteiger partial charge on any atom is -0.352 e. The topological polar surface area (TPSA) is 72.4 Å². The van der Waals surface area contributed by atoms with Crippen molar-refractivity contribution in [2.24, 2.45) is 4.99 Å². The summed E-state index contributed by atoms with van der Waals surface area (Å²) in [5.74, 6) is 2.11. The molecule has 7 nitrogen and oxygen atoms in total. The first kappa shape index (κ1) is 22.5. The molecule has 1 aliphatic rings. The van der Waals surface area contributed by atoms with Crippen molar-refractivity contribution in [2.75, 3.05) is 34.2 Å². The van der Waals surface area contributed by atoms with Gasteiger partial charge < -0.3 is 15.1 Å². The van der Waals surface area contributed by atoms with E-state index in [-0.39, 0.29) is 29.8 Å². The van der Waals surface area contributed by atoms with E-state index in [1.54, 1.807) is 19.4 Å². The fourth-order valence-electron chi connectivity index (χ4n) is 3.49. The van der Waals surface area contributed by atoms with Crippen LogP contribution in [0.4, 0.5) is 4.39 Å². The Balaban J connectivity index is 0.00000280. The van der Waals surface area contributed by atoms with Crippen LogP contribution in [0.25, 0.3) is 0 Å². The first-order valence-electron chi connectivity index (χ1n) is 9.29. The molecule has 0 amide bonds. The molecule has 154 valence electrons. The average Bonchev–Trinajstić information content (AvgIpc) is 3.19. The zero-order valence-corrected chi connectivity index (χ0v) is 19.0. The van der Waals surface area contributed by atoms with Gasteiger partial charge in [0.2, 0.25) is 0 Å². The van der Waals surface area contributed by atoms with Crippen molar-refractivity contribution < 1.29 is 4.39 Å². The van der Waals surface area contributed by atoms with Gasteiger partial charge in [-0.2, -0.15) is 5.10 Å². The SMILES string of the molecule is CN=C(NCc1ccc(F)c(CN(C)C)c1)N1CCC(c2ncn[nH]2)CC1.I. The smallest absolute Gasteiger partial charge is 0.193 e. The summed E-state index contributed by atoms with van der Waals surface area (Å²) in [6.45, 7) is 3.04. The molecule has 1 aromatic heterocycles. The second kappa shape index (κ2) is 10.7. The fourth-order valence-corrected chi connectivity index (χ4v) is 3.49. The van der Waals surface area contributed by atoms with Crippen LogP contribution in [0.2, 0.25) is 0 Å². The Hall–Kier alpha value is -1.75. The number of benzene rings is 1. The zero-order chi connectivity index (χ0) is 19.2. The molecule has 1 aromatic carbocycles. The van der Waals surface area contributed by atoms with E-state index in [9.17, 15) is 4.39 Å². The summed E-state index contributed by atoms with van der Waals surface area (Å²) < 4.78 is 13.9.